The van der Waals surface area contributed by atoms with Crippen molar-refractivity contribution in [3.8, 4) is 5.75 Å². The molecule has 3 nitrogen and oxygen atoms in total. The van der Waals surface area contributed by atoms with Gasteiger partial charge in [-0.25, -0.2) is 4.98 Å². The van der Waals surface area contributed by atoms with Crippen molar-refractivity contribution in [2.75, 3.05) is 12.4 Å². The topological polar surface area (TPSA) is 34.1 Å². The Hall–Kier alpha value is -1.25. The van der Waals surface area contributed by atoms with Gasteiger partial charge in [-0.3, -0.25) is 0 Å². The minimum atomic E-state index is 0.562. The second kappa shape index (κ2) is 5.39. The molecule has 3 unspecified atom stereocenters. The van der Waals surface area contributed by atoms with Crippen LogP contribution in [0.15, 0.2) is 18.3 Å². The number of nitrogens with zero attached hydrogens (tertiary/aromatic N) is 1. The molecule has 0 saturated heterocycles. The highest BCUT2D eigenvalue weighted by atomic mass is 16.5. The number of aromatic nitrogens is 1. The van der Waals surface area contributed by atoms with Crippen LogP contribution in [0.4, 0.5) is 5.82 Å². The van der Waals surface area contributed by atoms with E-state index in [1.54, 1.807) is 13.3 Å². The van der Waals surface area contributed by atoms with E-state index in [9.17, 15) is 0 Å². The maximum Gasteiger partial charge on any atom is 0.137 e. The molecule has 0 aliphatic heterocycles. The van der Waals surface area contributed by atoms with Gasteiger partial charge < -0.3 is 10.1 Å². The summed E-state index contributed by atoms with van der Waals surface area (Å²) in [6.45, 7) is 4.68. The van der Waals surface area contributed by atoms with E-state index in [-0.39, 0.29) is 0 Å². The average molecular weight is 234 g/mol. The van der Waals surface area contributed by atoms with Crippen LogP contribution in [0.25, 0.3) is 0 Å². The zero-order valence-corrected chi connectivity index (χ0v) is 10.9. The summed E-state index contributed by atoms with van der Waals surface area (Å²) in [5, 5.41) is 3.54. The van der Waals surface area contributed by atoms with Gasteiger partial charge in [0.15, 0.2) is 0 Å². The zero-order valence-electron chi connectivity index (χ0n) is 10.9. The van der Waals surface area contributed by atoms with Crippen molar-refractivity contribution in [1.82, 2.24) is 4.98 Å². The lowest BCUT2D eigenvalue weighted by Crippen LogP contribution is -2.33. The second-order valence-electron chi connectivity index (χ2n) is 5.23. The average Bonchev–Trinajstić information content (AvgIpc) is 2.34. The maximum atomic E-state index is 5.10. The summed E-state index contributed by atoms with van der Waals surface area (Å²) < 4.78 is 5.10. The lowest BCUT2D eigenvalue weighted by molar-refractivity contribution is 0.276. The number of anilines is 1. The number of hydrogen-bond donors (Lipinski definition) is 1. The van der Waals surface area contributed by atoms with Crippen LogP contribution in [-0.2, 0) is 0 Å². The van der Waals surface area contributed by atoms with Crippen molar-refractivity contribution in [3.63, 3.8) is 0 Å². The molecule has 3 atom stereocenters. The molecule has 2 rings (SSSR count). The third kappa shape index (κ3) is 3.11. The first-order valence-electron chi connectivity index (χ1n) is 6.45. The molecule has 1 aromatic rings. The third-order valence-electron chi connectivity index (χ3n) is 3.74. The van der Waals surface area contributed by atoms with Crippen molar-refractivity contribution in [2.45, 2.75) is 39.2 Å². The van der Waals surface area contributed by atoms with Gasteiger partial charge in [-0.1, -0.05) is 13.8 Å². The Bertz CT molecular complexity index is 350. The van der Waals surface area contributed by atoms with Gasteiger partial charge in [-0.15, -0.1) is 0 Å². The summed E-state index contributed by atoms with van der Waals surface area (Å²) in [7, 11) is 1.66. The van der Waals surface area contributed by atoms with Gasteiger partial charge in [0.2, 0.25) is 0 Å². The molecule has 0 spiro atoms. The Morgan fingerprint density at radius 2 is 2.12 bits per heavy atom. The van der Waals surface area contributed by atoms with E-state index in [0.29, 0.717) is 6.04 Å². The Morgan fingerprint density at radius 1 is 1.29 bits per heavy atom. The summed E-state index contributed by atoms with van der Waals surface area (Å²) in [4.78, 5) is 4.36. The molecule has 94 valence electrons. The number of methoxy groups -OCH3 is 1. The van der Waals surface area contributed by atoms with Gasteiger partial charge in [-0.2, -0.15) is 0 Å². The molecule has 1 N–H and O–H groups in total. The van der Waals surface area contributed by atoms with Gasteiger partial charge in [0.05, 0.1) is 13.3 Å². The van der Waals surface area contributed by atoms with Crippen LogP contribution in [0.5, 0.6) is 5.75 Å². The normalized spacial score (nSPS) is 28.8. The molecule has 1 saturated carbocycles. The fraction of sp³-hybridized carbons (Fsp3) is 0.643. The fourth-order valence-corrected chi connectivity index (χ4v) is 2.66. The molecule has 1 aromatic heterocycles. The first-order chi connectivity index (χ1) is 8.19. The Labute approximate surface area is 104 Å². The van der Waals surface area contributed by atoms with Crippen LogP contribution in [0, 0.1) is 11.8 Å². The minimum absolute atomic E-state index is 0.562. The van der Waals surface area contributed by atoms with Crippen LogP contribution >= 0.6 is 0 Å². The lowest BCUT2D eigenvalue weighted by atomic mass is 9.80. The van der Waals surface area contributed by atoms with Crippen molar-refractivity contribution < 1.29 is 4.74 Å². The highest BCUT2D eigenvalue weighted by Crippen LogP contribution is 2.30. The highest BCUT2D eigenvalue weighted by molar-refractivity contribution is 5.38. The third-order valence-corrected chi connectivity index (χ3v) is 3.74. The summed E-state index contributed by atoms with van der Waals surface area (Å²) in [6, 6.07) is 4.50. The van der Waals surface area contributed by atoms with Crippen LogP contribution in [0.3, 0.4) is 0 Å². The Morgan fingerprint density at radius 3 is 2.71 bits per heavy atom. The van der Waals surface area contributed by atoms with Crippen molar-refractivity contribution in [2.24, 2.45) is 11.8 Å². The first kappa shape index (κ1) is 12.2. The summed E-state index contributed by atoms with van der Waals surface area (Å²) in [6.07, 6.45) is 5.64. The smallest absolute Gasteiger partial charge is 0.137 e. The molecular formula is C14H22N2O. The predicted octanol–water partition coefficient (Wildman–Crippen LogP) is 3.33. The maximum absolute atomic E-state index is 5.10. The second-order valence-corrected chi connectivity index (χ2v) is 5.23. The van der Waals surface area contributed by atoms with Crippen molar-refractivity contribution in [3.05, 3.63) is 18.3 Å². The molecular weight excluding hydrogens is 212 g/mol. The van der Waals surface area contributed by atoms with E-state index < -0.39 is 0 Å². The molecule has 0 radical (unpaired) electrons. The van der Waals surface area contributed by atoms with E-state index >= 15 is 0 Å². The Balaban J connectivity index is 1.95. The quantitative estimate of drug-likeness (QED) is 0.871. The van der Waals surface area contributed by atoms with Gasteiger partial charge in [0.25, 0.3) is 0 Å². The minimum Gasteiger partial charge on any atom is -0.495 e. The SMILES string of the molecule is COc1ccc(NC2CCC(C)CC2C)nc1. The van der Waals surface area contributed by atoms with Gasteiger partial charge in [0, 0.05) is 6.04 Å². The molecule has 1 fully saturated rings. The van der Waals surface area contributed by atoms with E-state index in [1.165, 1.54) is 19.3 Å². The summed E-state index contributed by atoms with van der Waals surface area (Å²) in [5.41, 5.74) is 0. The number of pyridine rings is 1. The zero-order chi connectivity index (χ0) is 12.3. The first-order valence-corrected chi connectivity index (χ1v) is 6.45. The standard InChI is InChI=1S/C14H22N2O/c1-10-4-6-13(11(2)8-10)16-14-7-5-12(17-3)9-15-14/h5,7,9-11,13H,4,6,8H2,1-3H3,(H,15,16). The molecule has 1 aliphatic carbocycles. The largest absolute Gasteiger partial charge is 0.495 e. The summed E-state index contributed by atoms with van der Waals surface area (Å²) in [5.74, 6) is 3.35. The molecule has 0 amide bonds. The highest BCUT2D eigenvalue weighted by Gasteiger charge is 2.25. The van der Waals surface area contributed by atoms with Crippen molar-refractivity contribution >= 4 is 5.82 Å². The lowest BCUT2D eigenvalue weighted by Gasteiger charge is -2.33. The van der Waals surface area contributed by atoms with E-state index in [2.05, 4.69) is 24.1 Å². The number of nitrogens with one attached hydrogen (secondary N) is 1. The predicted molar refractivity (Wildman–Crippen MR) is 70.4 cm³/mol. The monoisotopic (exact) mass is 234 g/mol. The molecule has 17 heavy (non-hydrogen) atoms. The van der Waals surface area contributed by atoms with Gasteiger partial charge in [-0.05, 0) is 43.2 Å². The molecule has 1 aliphatic rings. The van der Waals surface area contributed by atoms with Crippen molar-refractivity contribution in [1.29, 1.82) is 0 Å². The van der Waals surface area contributed by atoms with Crippen LogP contribution in [0.2, 0.25) is 0 Å². The van der Waals surface area contributed by atoms with E-state index in [0.717, 1.165) is 23.4 Å². The summed E-state index contributed by atoms with van der Waals surface area (Å²) >= 11 is 0. The van der Waals surface area contributed by atoms with Crippen LogP contribution < -0.4 is 10.1 Å². The number of ether oxygens (including phenoxy) is 1. The molecule has 0 aromatic carbocycles. The van der Waals surface area contributed by atoms with Crippen LogP contribution in [-0.4, -0.2) is 18.1 Å². The molecule has 1 heterocycles. The Kier molecular flexibility index (Phi) is 3.87. The van der Waals surface area contributed by atoms with E-state index in [4.69, 9.17) is 4.74 Å². The number of hydrogen-bond acceptors (Lipinski definition) is 3. The van der Waals surface area contributed by atoms with Crippen LogP contribution in [0.1, 0.15) is 33.1 Å². The van der Waals surface area contributed by atoms with Gasteiger partial charge in [0.1, 0.15) is 11.6 Å². The van der Waals surface area contributed by atoms with Gasteiger partial charge >= 0.3 is 0 Å². The molecule has 0 bridgehead atoms. The number of rotatable bonds is 3. The molecule has 3 heteroatoms. The fourth-order valence-electron chi connectivity index (χ4n) is 2.66. The van der Waals surface area contributed by atoms with E-state index in [1.807, 2.05) is 12.1 Å².